The SMILES string of the molecule is CC.Cc1nnc(NC(=O)c2ccc(N)cc2)s1. The van der Waals surface area contributed by atoms with Gasteiger partial charge in [0.15, 0.2) is 0 Å². The van der Waals surface area contributed by atoms with Crippen molar-refractivity contribution in [3.63, 3.8) is 0 Å². The van der Waals surface area contributed by atoms with Crippen molar-refractivity contribution in [3.8, 4) is 0 Å². The van der Waals surface area contributed by atoms with Gasteiger partial charge in [-0.3, -0.25) is 10.1 Å². The normalized spacial score (nSPS) is 9.28. The molecule has 0 atom stereocenters. The molecule has 6 heteroatoms. The van der Waals surface area contributed by atoms with Crippen LogP contribution in [0, 0.1) is 6.92 Å². The van der Waals surface area contributed by atoms with Gasteiger partial charge in [-0.2, -0.15) is 0 Å². The summed E-state index contributed by atoms with van der Waals surface area (Å²) in [6.07, 6.45) is 0. The predicted octanol–water partition coefficient (Wildman–Crippen LogP) is 2.71. The highest BCUT2D eigenvalue weighted by Crippen LogP contribution is 2.15. The molecule has 0 spiro atoms. The Hall–Kier alpha value is -1.95. The van der Waals surface area contributed by atoms with Crippen LogP contribution in [-0.2, 0) is 0 Å². The third-order valence-electron chi connectivity index (χ3n) is 1.92. The van der Waals surface area contributed by atoms with Crippen LogP contribution in [0.4, 0.5) is 10.8 Å². The molecule has 18 heavy (non-hydrogen) atoms. The Labute approximate surface area is 110 Å². The summed E-state index contributed by atoms with van der Waals surface area (Å²) >= 11 is 1.34. The van der Waals surface area contributed by atoms with Crippen LogP contribution < -0.4 is 11.1 Å². The van der Waals surface area contributed by atoms with Gasteiger partial charge in [0, 0.05) is 11.3 Å². The topological polar surface area (TPSA) is 80.9 Å². The Balaban J connectivity index is 0.000000771. The number of hydrogen-bond acceptors (Lipinski definition) is 5. The highest BCUT2D eigenvalue weighted by molar-refractivity contribution is 7.15. The summed E-state index contributed by atoms with van der Waals surface area (Å²) in [5.74, 6) is -0.212. The van der Waals surface area contributed by atoms with Crippen LogP contribution in [-0.4, -0.2) is 16.1 Å². The number of nitrogens with one attached hydrogen (secondary N) is 1. The molecule has 1 aromatic heterocycles. The monoisotopic (exact) mass is 264 g/mol. The molecule has 3 N–H and O–H groups in total. The Bertz CT molecular complexity index is 507. The van der Waals surface area contributed by atoms with Gasteiger partial charge in [-0.05, 0) is 31.2 Å². The van der Waals surface area contributed by atoms with Crippen molar-refractivity contribution < 1.29 is 4.79 Å². The Morgan fingerprint density at radius 1 is 1.22 bits per heavy atom. The number of amides is 1. The van der Waals surface area contributed by atoms with Crippen LogP contribution in [0.15, 0.2) is 24.3 Å². The number of benzene rings is 1. The van der Waals surface area contributed by atoms with E-state index in [2.05, 4.69) is 15.5 Å². The second-order valence-electron chi connectivity index (χ2n) is 3.20. The average Bonchev–Trinajstić information content (AvgIpc) is 2.78. The first-order valence-electron chi connectivity index (χ1n) is 5.62. The van der Waals surface area contributed by atoms with E-state index in [0.717, 1.165) is 5.01 Å². The summed E-state index contributed by atoms with van der Waals surface area (Å²) < 4.78 is 0. The van der Waals surface area contributed by atoms with E-state index in [1.165, 1.54) is 11.3 Å². The molecule has 0 unspecified atom stereocenters. The number of hydrogen-bond donors (Lipinski definition) is 2. The molecule has 0 aliphatic heterocycles. The van der Waals surface area contributed by atoms with Gasteiger partial charge in [-0.15, -0.1) is 10.2 Å². The fraction of sp³-hybridized carbons (Fsp3) is 0.250. The van der Waals surface area contributed by atoms with Crippen molar-refractivity contribution in [2.24, 2.45) is 0 Å². The van der Waals surface area contributed by atoms with E-state index in [4.69, 9.17) is 5.73 Å². The molecule has 0 aliphatic rings. The first kappa shape index (κ1) is 14.1. The van der Waals surface area contributed by atoms with Gasteiger partial charge in [-0.25, -0.2) is 0 Å². The molecule has 0 saturated heterocycles. The molecule has 0 saturated carbocycles. The summed E-state index contributed by atoms with van der Waals surface area (Å²) in [6.45, 7) is 5.83. The molecule has 1 amide bonds. The zero-order valence-corrected chi connectivity index (χ0v) is 11.4. The number of carbonyl (C=O) groups is 1. The number of nitrogen functional groups attached to an aromatic ring is 1. The second-order valence-corrected chi connectivity index (χ2v) is 4.38. The maximum Gasteiger partial charge on any atom is 0.257 e. The molecule has 0 fully saturated rings. The van der Waals surface area contributed by atoms with Crippen LogP contribution in [0.25, 0.3) is 0 Å². The van der Waals surface area contributed by atoms with Crippen molar-refractivity contribution in [3.05, 3.63) is 34.8 Å². The van der Waals surface area contributed by atoms with Crippen LogP contribution in [0.1, 0.15) is 29.2 Å². The van der Waals surface area contributed by atoms with E-state index in [1.807, 2.05) is 20.8 Å². The van der Waals surface area contributed by atoms with Gasteiger partial charge >= 0.3 is 0 Å². The lowest BCUT2D eigenvalue weighted by molar-refractivity contribution is 0.102. The molecular formula is C12H16N4OS. The predicted molar refractivity (Wildman–Crippen MR) is 74.8 cm³/mol. The van der Waals surface area contributed by atoms with Crippen molar-refractivity contribution in [1.29, 1.82) is 0 Å². The number of anilines is 2. The Morgan fingerprint density at radius 3 is 2.33 bits per heavy atom. The molecule has 2 aromatic rings. The van der Waals surface area contributed by atoms with Gasteiger partial charge in [0.2, 0.25) is 5.13 Å². The molecule has 0 radical (unpaired) electrons. The highest BCUT2D eigenvalue weighted by atomic mass is 32.1. The smallest absolute Gasteiger partial charge is 0.257 e. The van der Waals surface area contributed by atoms with E-state index in [9.17, 15) is 4.79 Å². The third-order valence-corrected chi connectivity index (χ3v) is 2.67. The van der Waals surface area contributed by atoms with Gasteiger partial charge in [-0.1, -0.05) is 25.2 Å². The van der Waals surface area contributed by atoms with Gasteiger partial charge in [0.1, 0.15) is 5.01 Å². The average molecular weight is 264 g/mol. The second kappa shape index (κ2) is 6.70. The zero-order valence-electron chi connectivity index (χ0n) is 10.6. The number of carbonyl (C=O) groups excluding carboxylic acids is 1. The summed E-state index contributed by atoms with van der Waals surface area (Å²) in [6, 6.07) is 6.69. The van der Waals surface area contributed by atoms with Crippen molar-refractivity contribution in [2.75, 3.05) is 11.1 Å². The Kier molecular flexibility index (Phi) is 5.26. The fourth-order valence-corrected chi connectivity index (χ4v) is 1.74. The Morgan fingerprint density at radius 2 is 1.83 bits per heavy atom. The number of aryl methyl sites for hydroxylation is 1. The van der Waals surface area contributed by atoms with E-state index in [1.54, 1.807) is 24.3 Å². The van der Waals surface area contributed by atoms with Crippen LogP contribution in [0.5, 0.6) is 0 Å². The summed E-state index contributed by atoms with van der Waals surface area (Å²) in [5.41, 5.74) is 6.70. The molecule has 96 valence electrons. The highest BCUT2D eigenvalue weighted by Gasteiger charge is 2.08. The largest absolute Gasteiger partial charge is 0.399 e. The summed E-state index contributed by atoms with van der Waals surface area (Å²) in [4.78, 5) is 11.7. The summed E-state index contributed by atoms with van der Waals surface area (Å²) in [5, 5.41) is 11.6. The minimum absolute atomic E-state index is 0.212. The minimum atomic E-state index is -0.212. The molecule has 1 aromatic carbocycles. The van der Waals surface area contributed by atoms with E-state index >= 15 is 0 Å². The molecule has 0 bridgehead atoms. The number of nitrogens with two attached hydrogens (primary N) is 1. The lowest BCUT2D eigenvalue weighted by Gasteiger charge is -2.00. The number of nitrogens with zero attached hydrogens (tertiary/aromatic N) is 2. The molecular weight excluding hydrogens is 248 g/mol. The molecule has 0 aliphatic carbocycles. The lowest BCUT2D eigenvalue weighted by atomic mass is 10.2. The van der Waals surface area contributed by atoms with E-state index < -0.39 is 0 Å². The maximum absolute atomic E-state index is 11.7. The minimum Gasteiger partial charge on any atom is -0.399 e. The van der Waals surface area contributed by atoms with Crippen molar-refractivity contribution in [2.45, 2.75) is 20.8 Å². The standard InChI is InChI=1S/C10H10N4OS.C2H6/c1-6-13-14-10(16-6)12-9(15)7-2-4-8(11)5-3-7;1-2/h2-5H,11H2,1H3,(H,12,14,15);1-2H3. The summed E-state index contributed by atoms with van der Waals surface area (Å²) in [7, 11) is 0. The van der Waals surface area contributed by atoms with Gasteiger partial charge < -0.3 is 5.73 Å². The van der Waals surface area contributed by atoms with E-state index in [-0.39, 0.29) is 5.91 Å². The van der Waals surface area contributed by atoms with Crippen molar-refractivity contribution >= 4 is 28.1 Å². The zero-order chi connectivity index (χ0) is 13.5. The number of aromatic nitrogens is 2. The maximum atomic E-state index is 11.7. The third kappa shape index (κ3) is 3.81. The first-order valence-corrected chi connectivity index (χ1v) is 6.44. The fourth-order valence-electron chi connectivity index (χ4n) is 1.15. The lowest BCUT2D eigenvalue weighted by Crippen LogP contribution is -2.11. The quantitative estimate of drug-likeness (QED) is 0.817. The van der Waals surface area contributed by atoms with Crippen LogP contribution in [0.2, 0.25) is 0 Å². The molecule has 1 heterocycles. The molecule has 5 nitrogen and oxygen atoms in total. The van der Waals surface area contributed by atoms with Crippen LogP contribution >= 0.6 is 11.3 Å². The van der Waals surface area contributed by atoms with Crippen LogP contribution in [0.3, 0.4) is 0 Å². The van der Waals surface area contributed by atoms with Gasteiger partial charge in [0.05, 0.1) is 0 Å². The molecule has 2 rings (SSSR count). The first-order chi connectivity index (χ1) is 8.65. The van der Waals surface area contributed by atoms with Gasteiger partial charge in [0.25, 0.3) is 5.91 Å². The van der Waals surface area contributed by atoms with Crippen molar-refractivity contribution in [1.82, 2.24) is 10.2 Å². The van der Waals surface area contributed by atoms with E-state index in [0.29, 0.717) is 16.4 Å². The number of rotatable bonds is 2.